The molecule has 0 aliphatic carbocycles. The van der Waals surface area contributed by atoms with Crippen LogP contribution >= 0.6 is 0 Å². The molecule has 260 valence electrons. The molecule has 0 spiro atoms. The predicted octanol–water partition coefficient (Wildman–Crippen LogP) is 4.17. The van der Waals surface area contributed by atoms with E-state index in [-0.39, 0.29) is 47.7 Å². The van der Waals surface area contributed by atoms with E-state index in [9.17, 15) is 23.1 Å². The van der Waals surface area contributed by atoms with Gasteiger partial charge in [0.25, 0.3) is 5.91 Å². The summed E-state index contributed by atoms with van der Waals surface area (Å²) < 4.78 is 28.6. The Morgan fingerprint density at radius 1 is 0.878 bits per heavy atom. The number of aromatic nitrogens is 1. The smallest absolute Gasteiger partial charge is 0.255 e. The summed E-state index contributed by atoms with van der Waals surface area (Å²) in [5, 5.41) is 16.2. The average Bonchev–Trinajstić information content (AvgIpc) is 3.10. The van der Waals surface area contributed by atoms with Crippen LogP contribution in [0.3, 0.4) is 0 Å². The lowest BCUT2D eigenvalue weighted by atomic mass is 9.84. The standard InChI is InChI=1S/C37H46N6O5S/c1-26(2)24-43(49(47,48)31-18-16-29(38)17-19-31)30(25-44)15-9-10-21-41-37(46)35(42-36(45)32-23-40-22-20-33(32)39)34(27-11-5-3-6-12-27)28-13-7-4-8-14-28/h3-8,11-14,16-20,22-23,26,30,34-35,44H,9-10,15,21,24-25,38H2,1-2H3,(H2,39,40)(H,41,46)(H,42,45)/t30-,35-/m0/s1. The van der Waals surface area contributed by atoms with Gasteiger partial charge < -0.3 is 27.2 Å². The third kappa shape index (κ3) is 9.88. The number of benzene rings is 3. The van der Waals surface area contributed by atoms with Crippen LogP contribution in [-0.4, -0.2) is 66.4 Å². The molecule has 4 aromatic rings. The van der Waals surface area contributed by atoms with Crippen molar-refractivity contribution in [2.75, 3.05) is 31.2 Å². The minimum atomic E-state index is -3.90. The van der Waals surface area contributed by atoms with E-state index < -0.39 is 33.9 Å². The molecule has 0 saturated heterocycles. The fourth-order valence-corrected chi connectivity index (χ4v) is 7.55. The summed E-state index contributed by atoms with van der Waals surface area (Å²) in [6, 6.07) is 24.9. The van der Waals surface area contributed by atoms with Crippen LogP contribution in [0, 0.1) is 5.92 Å². The predicted molar refractivity (Wildman–Crippen MR) is 192 cm³/mol. The van der Waals surface area contributed by atoms with Crippen LogP contribution in [0.4, 0.5) is 11.4 Å². The highest BCUT2D eigenvalue weighted by Gasteiger charge is 2.34. The van der Waals surface area contributed by atoms with Crippen molar-refractivity contribution in [1.82, 2.24) is 19.9 Å². The molecule has 11 nitrogen and oxygen atoms in total. The highest BCUT2D eigenvalue weighted by molar-refractivity contribution is 7.89. The summed E-state index contributed by atoms with van der Waals surface area (Å²) in [5.74, 6) is -1.42. The summed E-state index contributed by atoms with van der Waals surface area (Å²) >= 11 is 0. The Kier molecular flexibility index (Phi) is 13.3. The number of unbranched alkanes of at least 4 members (excludes halogenated alkanes) is 1. The van der Waals surface area contributed by atoms with E-state index in [4.69, 9.17) is 11.5 Å². The number of rotatable bonds is 17. The van der Waals surface area contributed by atoms with Gasteiger partial charge >= 0.3 is 0 Å². The Morgan fingerprint density at radius 3 is 2.04 bits per heavy atom. The molecular weight excluding hydrogens is 641 g/mol. The molecule has 0 aliphatic rings. The quantitative estimate of drug-likeness (QED) is 0.0811. The molecule has 0 radical (unpaired) electrons. The first-order valence-electron chi connectivity index (χ1n) is 16.4. The second kappa shape index (κ2) is 17.6. The number of nitrogen functional groups attached to an aromatic ring is 2. The average molecular weight is 687 g/mol. The lowest BCUT2D eigenvalue weighted by molar-refractivity contribution is -0.123. The first-order chi connectivity index (χ1) is 23.5. The zero-order chi connectivity index (χ0) is 35.4. The van der Waals surface area contributed by atoms with Crippen molar-refractivity contribution < 1.29 is 23.1 Å². The molecule has 12 heteroatoms. The number of aliphatic hydroxyl groups excluding tert-OH is 1. The fourth-order valence-electron chi connectivity index (χ4n) is 5.74. The third-order valence-electron chi connectivity index (χ3n) is 8.23. The number of carbonyl (C=O) groups is 2. The van der Waals surface area contributed by atoms with Crippen LogP contribution in [0.1, 0.15) is 60.5 Å². The Labute approximate surface area is 288 Å². The van der Waals surface area contributed by atoms with Crippen LogP contribution < -0.4 is 22.1 Å². The zero-order valence-electron chi connectivity index (χ0n) is 27.9. The molecule has 4 rings (SSSR count). The normalized spacial score (nSPS) is 12.9. The highest BCUT2D eigenvalue weighted by Crippen LogP contribution is 2.29. The number of hydrogen-bond donors (Lipinski definition) is 5. The topological polar surface area (TPSA) is 181 Å². The fraction of sp³-hybridized carbons (Fsp3) is 0.324. The van der Waals surface area contributed by atoms with Crippen molar-refractivity contribution in [2.24, 2.45) is 5.92 Å². The maximum Gasteiger partial charge on any atom is 0.255 e. The number of pyridine rings is 1. The third-order valence-corrected chi connectivity index (χ3v) is 10.2. The van der Waals surface area contributed by atoms with Crippen LogP contribution in [0.25, 0.3) is 0 Å². The SMILES string of the molecule is CC(C)CN([C@H](CO)CCCCNC(=O)[C@@H](NC(=O)c1cnccc1N)C(c1ccccc1)c1ccccc1)S(=O)(=O)c1ccc(N)cc1. The van der Waals surface area contributed by atoms with Gasteiger partial charge in [-0.05, 0) is 60.2 Å². The van der Waals surface area contributed by atoms with Gasteiger partial charge in [-0.15, -0.1) is 0 Å². The maximum absolute atomic E-state index is 14.0. The van der Waals surface area contributed by atoms with Crippen LogP contribution in [0.5, 0.6) is 0 Å². The second-order valence-electron chi connectivity index (χ2n) is 12.4. The minimum absolute atomic E-state index is 0.0215. The van der Waals surface area contributed by atoms with Gasteiger partial charge in [0.1, 0.15) is 6.04 Å². The Balaban J connectivity index is 1.49. The van der Waals surface area contributed by atoms with Gasteiger partial charge in [-0.3, -0.25) is 14.6 Å². The largest absolute Gasteiger partial charge is 0.399 e. The zero-order valence-corrected chi connectivity index (χ0v) is 28.7. The van der Waals surface area contributed by atoms with Gasteiger partial charge in [0.2, 0.25) is 15.9 Å². The lowest BCUT2D eigenvalue weighted by Gasteiger charge is -2.31. The monoisotopic (exact) mass is 686 g/mol. The number of carbonyl (C=O) groups excluding carboxylic acids is 2. The first-order valence-corrected chi connectivity index (χ1v) is 17.8. The Morgan fingerprint density at radius 2 is 1.49 bits per heavy atom. The van der Waals surface area contributed by atoms with Gasteiger partial charge in [0, 0.05) is 48.8 Å². The number of nitrogens with zero attached hydrogens (tertiary/aromatic N) is 2. The summed E-state index contributed by atoms with van der Waals surface area (Å²) in [6.07, 6.45) is 4.28. The molecule has 7 N–H and O–H groups in total. The lowest BCUT2D eigenvalue weighted by Crippen LogP contribution is -2.50. The highest BCUT2D eigenvalue weighted by atomic mass is 32.2. The van der Waals surface area contributed by atoms with Crippen LogP contribution in [0.15, 0.2) is 108 Å². The molecule has 2 atom stereocenters. The first kappa shape index (κ1) is 37.0. The number of anilines is 2. The summed E-state index contributed by atoms with van der Waals surface area (Å²) in [4.78, 5) is 31.6. The number of hydrogen-bond acceptors (Lipinski definition) is 8. The van der Waals surface area contributed by atoms with Gasteiger partial charge in [-0.25, -0.2) is 8.42 Å². The van der Waals surface area contributed by atoms with Crippen LogP contribution in [-0.2, 0) is 14.8 Å². The number of amides is 2. The maximum atomic E-state index is 14.0. The van der Waals surface area contributed by atoms with Crippen molar-refractivity contribution in [2.45, 2.75) is 56.0 Å². The molecule has 0 bridgehead atoms. The molecule has 0 fully saturated rings. The van der Waals surface area contributed by atoms with E-state index in [2.05, 4.69) is 15.6 Å². The molecule has 0 saturated carbocycles. The van der Waals surface area contributed by atoms with Gasteiger partial charge in [-0.2, -0.15) is 4.31 Å². The molecule has 2 amide bonds. The van der Waals surface area contributed by atoms with E-state index in [1.54, 1.807) is 12.1 Å². The van der Waals surface area contributed by atoms with Crippen LogP contribution in [0.2, 0.25) is 0 Å². The van der Waals surface area contributed by atoms with Crippen molar-refractivity contribution >= 4 is 33.2 Å². The molecule has 1 aromatic heterocycles. The van der Waals surface area contributed by atoms with Crippen molar-refractivity contribution in [1.29, 1.82) is 0 Å². The molecular formula is C37H46N6O5S. The van der Waals surface area contributed by atoms with Gasteiger partial charge in [-0.1, -0.05) is 80.9 Å². The Bertz CT molecular complexity index is 1720. The van der Waals surface area contributed by atoms with Crippen molar-refractivity contribution in [3.8, 4) is 0 Å². The summed E-state index contributed by atoms with van der Waals surface area (Å²) in [6.45, 7) is 3.99. The summed E-state index contributed by atoms with van der Waals surface area (Å²) in [7, 11) is -3.90. The number of nitrogens with two attached hydrogens (primary N) is 2. The van der Waals surface area contributed by atoms with Gasteiger partial charge in [0.05, 0.1) is 17.1 Å². The van der Waals surface area contributed by atoms with E-state index in [1.807, 2.05) is 74.5 Å². The molecule has 1 heterocycles. The molecule has 0 unspecified atom stereocenters. The Hall–Kier alpha value is -4.78. The molecule has 49 heavy (non-hydrogen) atoms. The minimum Gasteiger partial charge on any atom is -0.399 e. The van der Waals surface area contributed by atoms with E-state index >= 15 is 0 Å². The molecule has 0 aliphatic heterocycles. The summed E-state index contributed by atoms with van der Waals surface area (Å²) in [5.41, 5.74) is 14.4. The van der Waals surface area contributed by atoms with E-state index in [0.717, 1.165) is 11.1 Å². The van der Waals surface area contributed by atoms with Gasteiger partial charge in [0.15, 0.2) is 0 Å². The number of aliphatic hydroxyl groups is 1. The number of sulfonamides is 1. The second-order valence-corrected chi connectivity index (χ2v) is 14.3. The van der Waals surface area contributed by atoms with Crippen molar-refractivity contribution in [3.63, 3.8) is 0 Å². The van der Waals surface area contributed by atoms with Crippen molar-refractivity contribution in [3.05, 3.63) is 120 Å². The van der Waals surface area contributed by atoms with E-state index in [1.165, 1.54) is 34.9 Å². The molecule has 3 aromatic carbocycles. The van der Waals surface area contributed by atoms with E-state index in [0.29, 0.717) is 24.9 Å². The number of nitrogens with one attached hydrogen (secondary N) is 2.